The maximum Gasteiger partial charge on any atom is 0.00964 e. The van der Waals surface area contributed by atoms with E-state index in [1.54, 1.807) is 0 Å². The molecule has 0 bridgehead atoms. The van der Waals surface area contributed by atoms with Crippen LogP contribution >= 0.6 is 24.8 Å². The van der Waals surface area contributed by atoms with Gasteiger partial charge >= 0.3 is 0 Å². The standard InChI is InChI=1S/C12H24N2.2ClH/c1-10-6-8-14(9-7-10)12-4-2-11(13)3-5-12;;/h10-12H,2-9,13H2,1H3;2*1H. The smallest absolute Gasteiger partial charge is 0.00964 e. The van der Waals surface area contributed by atoms with Gasteiger partial charge in [-0.25, -0.2) is 0 Å². The van der Waals surface area contributed by atoms with E-state index in [4.69, 9.17) is 5.73 Å². The Hall–Kier alpha value is 0.500. The third-order valence-electron chi connectivity index (χ3n) is 4.08. The molecule has 98 valence electrons. The van der Waals surface area contributed by atoms with E-state index in [2.05, 4.69) is 11.8 Å². The fraction of sp³-hybridized carbons (Fsp3) is 1.00. The predicted molar refractivity (Wildman–Crippen MR) is 74.7 cm³/mol. The monoisotopic (exact) mass is 268 g/mol. The summed E-state index contributed by atoms with van der Waals surface area (Å²) in [7, 11) is 0. The van der Waals surface area contributed by atoms with Crippen molar-refractivity contribution in [1.82, 2.24) is 4.90 Å². The van der Waals surface area contributed by atoms with Gasteiger partial charge in [-0.3, -0.25) is 0 Å². The lowest BCUT2D eigenvalue weighted by molar-refractivity contribution is 0.107. The number of hydrogen-bond donors (Lipinski definition) is 1. The maximum atomic E-state index is 5.93. The molecule has 0 aromatic heterocycles. The molecule has 0 aromatic rings. The highest BCUT2D eigenvalue weighted by Gasteiger charge is 2.26. The molecule has 1 saturated carbocycles. The Labute approximate surface area is 112 Å². The van der Waals surface area contributed by atoms with Gasteiger partial charge in [-0.05, 0) is 57.5 Å². The van der Waals surface area contributed by atoms with Crippen molar-refractivity contribution in [2.75, 3.05) is 13.1 Å². The van der Waals surface area contributed by atoms with Crippen LogP contribution in [-0.2, 0) is 0 Å². The first-order valence-electron chi connectivity index (χ1n) is 6.25. The first-order valence-corrected chi connectivity index (χ1v) is 6.25. The normalized spacial score (nSPS) is 32.6. The molecule has 2 fully saturated rings. The van der Waals surface area contributed by atoms with Crippen LogP contribution < -0.4 is 5.73 Å². The second-order valence-corrected chi connectivity index (χ2v) is 5.29. The van der Waals surface area contributed by atoms with E-state index in [9.17, 15) is 0 Å². The minimum atomic E-state index is 0. The Morgan fingerprint density at radius 2 is 1.38 bits per heavy atom. The number of hydrogen-bond acceptors (Lipinski definition) is 2. The number of nitrogens with zero attached hydrogens (tertiary/aromatic N) is 1. The molecule has 16 heavy (non-hydrogen) atoms. The van der Waals surface area contributed by atoms with Crippen LogP contribution in [-0.4, -0.2) is 30.1 Å². The van der Waals surface area contributed by atoms with Gasteiger partial charge in [0.25, 0.3) is 0 Å². The van der Waals surface area contributed by atoms with Crippen LogP contribution in [0.5, 0.6) is 0 Å². The number of likely N-dealkylation sites (tertiary alicyclic amines) is 1. The molecule has 0 amide bonds. The highest BCUT2D eigenvalue weighted by atomic mass is 35.5. The summed E-state index contributed by atoms with van der Waals surface area (Å²) in [5, 5.41) is 0. The number of rotatable bonds is 1. The summed E-state index contributed by atoms with van der Waals surface area (Å²) in [6, 6.07) is 1.36. The Kier molecular flexibility index (Phi) is 8.00. The van der Waals surface area contributed by atoms with E-state index in [-0.39, 0.29) is 24.8 Å². The van der Waals surface area contributed by atoms with Crippen molar-refractivity contribution < 1.29 is 0 Å². The van der Waals surface area contributed by atoms with E-state index in [1.807, 2.05) is 0 Å². The van der Waals surface area contributed by atoms with Gasteiger partial charge < -0.3 is 10.6 Å². The maximum absolute atomic E-state index is 5.93. The minimum absolute atomic E-state index is 0. The number of nitrogens with two attached hydrogens (primary N) is 1. The average molecular weight is 269 g/mol. The van der Waals surface area contributed by atoms with Gasteiger partial charge in [-0.1, -0.05) is 6.92 Å². The van der Waals surface area contributed by atoms with Gasteiger partial charge in [0.15, 0.2) is 0 Å². The Balaban J connectivity index is 0.00000112. The molecule has 1 saturated heterocycles. The summed E-state index contributed by atoms with van der Waals surface area (Å²) >= 11 is 0. The quantitative estimate of drug-likeness (QED) is 0.793. The summed E-state index contributed by atoms with van der Waals surface area (Å²) < 4.78 is 0. The molecule has 2 aliphatic rings. The Bertz CT molecular complexity index is 154. The largest absolute Gasteiger partial charge is 0.328 e. The topological polar surface area (TPSA) is 29.3 Å². The average Bonchev–Trinajstić information content (AvgIpc) is 2.21. The zero-order valence-corrected chi connectivity index (χ0v) is 11.9. The van der Waals surface area contributed by atoms with E-state index >= 15 is 0 Å². The summed E-state index contributed by atoms with van der Waals surface area (Å²) in [6.45, 7) is 5.05. The van der Waals surface area contributed by atoms with Gasteiger partial charge in [-0.15, -0.1) is 24.8 Å². The van der Waals surface area contributed by atoms with Gasteiger partial charge in [0, 0.05) is 12.1 Å². The Morgan fingerprint density at radius 1 is 0.875 bits per heavy atom. The SMILES string of the molecule is CC1CCN(C2CCC(N)CC2)CC1.Cl.Cl. The number of piperidine rings is 1. The highest BCUT2D eigenvalue weighted by Crippen LogP contribution is 2.26. The van der Waals surface area contributed by atoms with Crippen molar-refractivity contribution in [1.29, 1.82) is 0 Å². The van der Waals surface area contributed by atoms with Gasteiger partial charge in [-0.2, -0.15) is 0 Å². The van der Waals surface area contributed by atoms with Crippen molar-refractivity contribution >= 4 is 24.8 Å². The molecule has 0 unspecified atom stereocenters. The summed E-state index contributed by atoms with van der Waals surface area (Å²) in [5.74, 6) is 0.956. The molecule has 2 rings (SSSR count). The van der Waals surface area contributed by atoms with Crippen LogP contribution in [0.25, 0.3) is 0 Å². The fourth-order valence-corrected chi connectivity index (χ4v) is 2.86. The van der Waals surface area contributed by atoms with Crippen molar-refractivity contribution in [2.45, 2.75) is 57.5 Å². The summed E-state index contributed by atoms with van der Waals surface area (Å²) in [6.07, 6.45) is 7.99. The third-order valence-corrected chi connectivity index (χ3v) is 4.08. The van der Waals surface area contributed by atoms with Crippen molar-refractivity contribution in [3.05, 3.63) is 0 Å². The lowest BCUT2D eigenvalue weighted by atomic mass is 9.88. The van der Waals surface area contributed by atoms with Gasteiger partial charge in [0.1, 0.15) is 0 Å². The molecular weight excluding hydrogens is 243 g/mol. The van der Waals surface area contributed by atoms with Crippen LogP contribution in [0.2, 0.25) is 0 Å². The molecule has 4 heteroatoms. The molecule has 2 nitrogen and oxygen atoms in total. The fourth-order valence-electron chi connectivity index (χ4n) is 2.86. The van der Waals surface area contributed by atoms with Gasteiger partial charge in [0.05, 0.1) is 0 Å². The van der Waals surface area contributed by atoms with Crippen LogP contribution in [0.1, 0.15) is 45.4 Å². The number of halogens is 2. The highest BCUT2D eigenvalue weighted by molar-refractivity contribution is 5.85. The van der Waals surface area contributed by atoms with E-state index in [0.29, 0.717) is 6.04 Å². The molecule has 0 atom stereocenters. The van der Waals surface area contributed by atoms with Gasteiger partial charge in [0.2, 0.25) is 0 Å². The van der Waals surface area contributed by atoms with Crippen molar-refractivity contribution in [3.63, 3.8) is 0 Å². The van der Waals surface area contributed by atoms with Crippen LogP contribution in [0.15, 0.2) is 0 Å². The summed E-state index contributed by atoms with van der Waals surface area (Å²) in [5.41, 5.74) is 5.93. The molecule has 1 aliphatic heterocycles. The van der Waals surface area contributed by atoms with E-state index in [1.165, 1.54) is 51.6 Å². The Morgan fingerprint density at radius 3 is 1.88 bits per heavy atom. The van der Waals surface area contributed by atoms with Crippen LogP contribution in [0.4, 0.5) is 0 Å². The third kappa shape index (κ3) is 4.40. The second-order valence-electron chi connectivity index (χ2n) is 5.29. The first-order chi connectivity index (χ1) is 6.75. The molecule has 1 heterocycles. The van der Waals surface area contributed by atoms with E-state index in [0.717, 1.165) is 12.0 Å². The first kappa shape index (κ1) is 16.5. The predicted octanol–water partition coefficient (Wildman–Crippen LogP) is 2.83. The molecule has 2 N–H and O–H groups in total. The lowest BCUT2D eigenvalue weighted by Crippen LogP contribution is -2.44. The zero-order chi connectivity index (χ0) is 9.97. The van der Waals surface area contributed by atoms with Crippen molar-refractivity contribution in [3.8, 4) is 0 Å². The van der Waals surface area contributed by atoms with E-state index < -0.39 is 0 Å². The zero-order valence-electron chi connectivity index (χ0n) is 10.2. The molecular formula is C12H26Cl2N2. The summed E-state index contributed by atoms with van der Waals surface area (Å²) in [4.78, 5) is 2.71. The molecule has 0 spiro atoms. The molecule has 0 radical (unpaired) electrons. The minimum Gasteiger partial charge on any atom is -0.328 e. The molecule has 1 aliphatic carbocycles. The van der Waals surface area contributed by atoms with Crippen molar-refractivity contribution in [2.24, 2.45) is 11.7 Å². The molecule has 0 aromatic carbocycles. The van der Waals surface area contributed by atoms with Crippen LogP contribution in [0.3, 0.4) is 0 Å². The second kappa shape index (κ2) is 7.75. The van der Waals surface area contributed by atoms with Crippen LogP contribution in [0, 0.1) is 5.92 Å². The lowest BCUT2D eigenvalue weighted by Gasteiger charge is -2.39.